The van der Waals surface area contributed by atoms with Crippen LogP contribution >= 0.6 is 27.3 Å². The number of ether oxygens (including phenoxy) is 1. The smallest absolute Gasteiger partial charge is 0.264 e. The van der Waals surface area contributed by atoms with Gasteiger partial charge in [0.2, 0.25) is 0 Å². The van der Waals surface area contributed by atoms with Gasteiger partial charge in [0.05, 0.1) is 10.2 Å². The molecule has 0 spiro atoms. The Kier molecular flexibility index (Phi) is 4.40. The second kappa shape index (κ2) is 6.46. The average Bonchev–Trinajstić information content (AvgIpc) is 2.90. The fourth-order valence-corrected chi connectivity index (χ4v) is 3.48. The molecule has 2 aromatic carbocycles. The molecule has 0 unspecified atom stereocenters. The highest BCUT2D eigenvalue weighted by Gasteiger charge is 2.10. The Morgan fingerprint density at radius 2 is 2.09 bits per heavy atom. The SMILES string of the molecule is Cc1ccccc1OCC(=O)Nc1nc2c(Br)cccc2s1. The number of benzene rings is 2. The first-order valence-corrected chi connectivity index (χ1v) is 8.28. The van der Waals surface area contributed by atoms with Gasteiger partial charge in [0.1, 0.15) is 5.75 Å². The number of carbonyl (C=O) groups is 1. The number of fused-ring (bicyclic) bond motifs is 1. The molecule has 1 aromatic heterocycles. The van der Waals surface area contributed by atoms with Crippen molar-refractivity contribution < 1.29 is 9.53 Å². The molecule has 1 N–H and O–H groups in total. The van der Waals surface area contributed by atoms with E-state index < -0.39 is 0 Å². The van der Waals surface area contributed by atoms with Crippen LogP contribution in [0.15, 0.2) is 46.9 Å². The molecule has 6 heteroatoms. The summed E-state index contributed by atoms with van der Waals surface area (Å²) in [5.41, 5.74) is 1.85. The average molecular weight is 377 g/mol. The molecule has 3 aromatic rings. The second-order valence-electron chi connectivity index (χ2n) is 4.71. The number of aromatic nitrogens is 1. The molecule has 0 atom stereocenters. The minimum absolute atomic E-state index is 0.0397. The van der Waals surface area contributed by atoms with Gasteiger partial charge in [0, 0.05) is 4.47 Å². The lowest BCUT2D eigenvalue weighted by atomic mass is 10.2. The van der Waals surface area contributed by atoms with Crippen LogP contribution in [0.3, 0.4) is 0 Å². The summed E-state index contributed by atoms with van der Waals surface area (Å²) in [6, 6.07) is 13.4. The molecule has 0 aliphatic carbocycles. The molecule has 112 valence electrons. The summed E-state index contributed by atoms with van der Waals surface area (Å²) in [7, 11) is 0. The lowest BCUT2D eigenvalue weighted by molar-refractivity contribution is -0.118. The molecule has 0 saturated carbocycles. The van der Waals surface area contributed by atoms with E-state index in [1.165, 1.54) is 11.3 Å². The van der Waals surface area contributed by atoms with Crippen molar-refractivity contribution in [3.05, 3.63) is 52.5 Å². The largest absolute Gasteiger partial charge is 0.483 e. The molecule has 22 heavy (non-hydrogen) atoms. The van der Waals surface area contributed by atoms with E-state index in [9.17, 15) is 4.79 Å². The Morgan fingerprint density at radius 1 is 1.27 bits per heavy atom. The fraction of sp³-hybridized carbons (Fsp3) is 0.125. The summed E-state index contributed by atoms with van der Waals surface area (Å²) in [5.74, 6) is 0.489. The van der Waals surface area contributed by atoms with Gasteiger partial charge < -0.3 is 4.74 Å². The molecule has 3 rings (SSSR count). The Bertz CT molecular complexity index is 832. The maximum atomic E-state index is 12.0. The normalized spacial score (nSPS) is 10.6. The van der Waals surface area contributed by atoms with E-state index in [1.54, 1.807) is 0 Å². The van der Waals surface area contributed by atoms with E-state index in [0.717, 1.165) is 20.3 Å². The Labute approximate surface area is 140 Å². The number of halogens is 1. The number of hydrogen-bond donors (Lipinski definition) is 1. The topological polar surface area (TPSA) is 51.2 Å². The number of nitrogens with one attached hydrogen (secondary N) is 1. The van der Waals surface area contributed by atoms with Crippen molar-refractivity contribution >= 4 is 48.5 Å². The number of carbonyl (C=O) groups excluding carboxylic acids is 1. The van der Waals surface area contributed by atoms with Gasteiger partial charge in [-0.3, -0.25) is 10.1 Å². The highest BCUT2D eigenvalue weighted by atomic mass is 79.9. The van der Waals surface area contributed by atoms with E-state index in [4.69, 9.17) is 4.74 Å². The number of para-hydroxylation sites is 2. The number of nitrogens with zero attached hydrogens (tertiary/aromatic N) is 1. The summed E-state index contributed by atoms with van der Waals surface area (Å²) < 4.78 is 7.46. The van der Waals surface area contributed by atoms with Crippen molar-refractivity contribution in [2.24, 2.45) is 0 Å². The van der Waals surface area contributed by atoms with E-state index in [-0.39, 0.29) is 12.5 Å². The summed E-state index contributed by atoms with van der Waals surface area (Å²) in [4.78, 5) is 16.4. The highest BCUT2D eigenvalue weighted by Crippen LogP contribution is 2.30. The first-order chi connectivity index (χ1) is 10.6. The van der Waals surface area contributed by atoms with Crippen molar-refractivity contribution in [3.8, 4) is 5.75 Å². The van der Waals surface area contributed by atoms with Gasteiger partial charge in [-0.1, -0.05) is 35.6 Å². The van der Waals surface area contributed by atoms with Crippen LogP contribution in [0.2, 0.25) is 0 Å². The highest BCUT2D eigenvalue weighted by molar-refractivity contribution is 9.10. The summed E-state index contributed by atoms with van der Waals surface area (Å²) in [6.45, 7) is 1.90. The summed E-state index contributed by atoms with van der Waals surface area (Å²) >= 11 is 4.89. The number of aryl methyl sites for hydroxylation is 1. The van der Waals surface area contributed by atoms with Crippen molar-refractivity contribution in [2.45, 2.75) is 6.92 Å². The maximum Gasteiger partial charge on any atom is 0.264 e. The van der Waals surface area contributed by atoms with Gasteiger partial charge in [-0.2, -0.15) is 0 Å². The van der Waals surface area contributed by atoms with Gasteiger partial charge in [-0.15, -0.1) is 0 Å². The monoisotopic (exact) mass is 376 g/mol. The van der Waals surface area contributed by atoms with Gasteiger partial charge in [-0.05, 0) is 46.6 Å². The van der Waals surface area contributed by atoms with Crippen molar-refractivity contribution in [2.75, 3.05) is 11.9 Å². The van der Waals surface area contributed by atoms with Crippen LogP contribution in [-0.4, -0.2) is 17.5 Å². The predicted molar refractivity (Wildman–Crippen MR) is 92.6 cm³/mol. The number of hydrogen-bond acceptors (Lipinski definition) is 4. The first kappa shape index (κ1) is 15.0. The second-order valence-corrected chi connectivity index (χ2v) is 6.59. The van der Waals surface area contributed by atoms with Crippen LogP contribution in [0.1, 0.15) is 5.56 Å². The molecule has 0 aliphatic heterocycles. The molecule has 1 amide bonds. The molecular formula is C16H13BrN2O2S. The quantitative estimate of drug-likeness (QED) is 0.734. The molecule has 0 aliphatic rings. The zero-order chi connectivity index (χ0) is 15.5. The van der Waals surface area contributed by atoms with Crippen molar-refractivity contribution in [1.29, 1.82) is 0 Å². The van der Waals surface area contributed by atoms with Crippen LogP contribution in [0.4, 0.5) is 5.13 Å². The number of amides is 1. The van der Waals surface area contributed by atoms with E-state index in [1.807, 2.05) is 49.4 Å². The summed E-state index contributed by atoms with van der Waals surface area (Å²) in [6.07, 6.45) is 0. The van der Waals surface area contributed by atoms with Gasteiger partial charge in [0.15, 0.2) is 11.7 Å². The molecule has 0 saturated heterocycles. The van der Waals surface area contributed by atoms with Crippen molar-refractivity contribution in [1.82, 2.24) is 4.98 Å². The maximum absolute atomic E-state index is 12.0. The molecule has 0 bridgehead atoms. The van der Waals surface area contributed by atoms with Crippen LogP contribution in [0, 0.1) is 6.92 Å². The third kappa shape index (κ3) is 3.28. The van der Waals surface area contributed by atoms with Gasteiger partial charge >= 0.3 is 0 Å². The third-order valence-corrected chi connectivity index (χ3v) is 4.64. The van der Waals surface area contributed by atoms with Crippen LogP contribution < -0.4 is 10.1 Å². The Balaban J connectivity index is 1.66. The molecule has 1 heterocycles. The number of rotatable bonds is 4. The minimum atomic E-state index is -0.224. The van der Waals surface area contributed by atoms with E-state index in [2.05, 4.69) is 26.2 Å². The fourth-order valence-electron chi connectivity index (χ4n) is 1.99. The minimum Gasteiger partial charge on any atom is -0.483 e. The first-order valence-electron chi connectivity index (χ1n) is 6.67. The molecule has 0 radical (unpaired) electrons. The van der Waals surface area contributed by atoms with Crippen LogP contribution in [0.25, 0.3) is 10.2 Å². The zero-order valence-electron chi connectivity index (χ0n) is 11.8. The van der Waals surface area contributed by atoms with E-state index in [0.29, 0.717) is 10.9 Å². The number of anilines is 1. The Morgan fingerprint density at radius 3 is 2.86 bits per heavy atom. The lowest BCUT2D eigenvalue weighted by Crippen LogP contribution is -2.20. The van der Waals surface area contributed by atoms with Gasteiger partial charge in [0.25, 0.3) is 5.91 Å². The van der Waals surface area contributed by atoms with Crippen LogP contribution in [0.5, 0.6) is 5.75 Å². The molecule has 0 fully saturated rings. The molecular weight excluding hydrogens is 364 g/mol. The van der Waals surface area contributed by atoms with Gasteiger partial charge in [-0.25, -0.2) is 4.98 Å². The van der Waals surface area contributed by atoms with Crippen molar-refractivity contribution in [3.63, 3.8) is 0 Å². The van der Waals surface area contributed by atoms with E-state index >= 15 is 0 Å². The lowest BCUT2D eigenvalue weighted by Gasteiger charge is -2.07. The number of thiazole rings is 1. The third-order valence-electron chi connectivity index (χ3n) is 3.07. The molecule has 4 nitrogen and oxygen atoms in total. The predicted octanol–water partition coefficient (Wildman–Crippen LogP) is 4.38. The zero-order valence-corrected chi connectivity index (χ0v) is 14.2. The Hall–Kier alpha value is -1.92. The standard InChI is InChI=1S/C16H13BrN2O2S/c1-10-5-2-3-7-12(10)21-9-14(20)18-16-19-15-11(17)6-4-8-13(15)22-16/h2-8H,9H2,1H3,(H,18,19,20). The summed E-state index contributed by atoms with van der Waals surface area (Å²) in [5, 5.41) is 3.34. The van der Waals surface area contributed by atoms with Crippen LogP contribution in [-0.2, 0) is 4.79 Å².